The van der Waals surface area contributed by atoms with Gasteiger partial charge in [0.05, 0.1) is 6.61 Å². The van der Waals surface area contributed by atoms with E-state index in [-0.39, 0.29) is 18.0 Å². The Hall–Kier alpha value is -0.580. The van der Waals surface area contributed by atoms with Crippen LogP contribution in [-0.2, 0) is 0 Å². The van der Waals surface area contributed by atoms with E-state index in [0.717, 1.165) is 36.5 Å². The number of aliphatic hydroxyl groups is 1. The van der Waals surface area contributed by atoms with Crippen molar-refractivity contribution in [2.45, 2.75) is 43.5 Å². The third-order valence-electron chi connectivity index (χ3n) is 3.41. The van der Waals surface area contributed by atoms with Crippen molar-refractivity contribution in [3.05, 3.63) is 30.1 Å². The second kappa shape index (κ2) is 8.56. The molecule has 1 unspecified atom stereocenters. The lowest BCUT2D eigenvalue weighted by atomic mass is 9.91. The molecular weight excluding hydrogens is 261 g/mol. The maximum atomic E-state index is 12.8. The summed E-state index contributed by atoms with van der Waals surface area (Å²) in [5.41, 5.74) is -0.141. The Morgan fingerprint density at radius 2 is 1.95 bits per heavy atom. The summed E-state index contributed by atoms with van der Waals surface area (Å²) in [5.74, 6) is 0.792. The first-order valence-electron chi connectivity index (χ1n) is 6.90. The number of benzene rings is 1. The van der Waals surface area contributed by atoms with Crippen LogP contribution in [-0.4, -0.2) is 29.5 Å². The highest BCUT2D eigenvalue weighted by molar-refractivity contribution is 7.99. The first-order chi connectivity index (χ1) is 9.15. The number of nitrogens with one attached hydrogen (secondary N) is 1. The Balaban J connectivity index is 2.34. The summed E-state index contributed by atoms with van der Waals surface area (Å²) in [5, 5.41) is 12.9. The first-order valence-corrected chi connectivity index (χ1v) is 7.88. The molecule has 0 heterocycles. The topological polar surface area (TPSA) is 32.3 Å². The van der Waals surface area contributed by atoms with Gasteiger partial charge in [-0.25, -0.2) is 4.39 Å². The van der Waals surface area contributed by atoms with Gasteiger partial charge in [0.15, 0.2) is 0 Å². The molecule has 19 heavy (non-hydrogen) atoms. The molecule has 0 spiro atoms. The Labute approximate surface area is 119 Å². The Morgan fingerprint density at radius 1 is 1.26 bits per heavy atom. The van der Waals surface area contributed by atoms with Crippen molar-refractivity contribution >= 4 is 11.8 Å². The van der Waals surface area contributed by atoms with E-state index in [2.05, 4.69) is 19.2 Å². The Bertz CT molecular complexity index is 352. The molecule has 0 saturated heterocycles. The third kappa shape index (κ3) is 5.51. The second-order valence-electron chi connectivity index (χ2n) is 4.73. The van der Waals surface area contributed by atoms with Gasteiger partial charge in [-0.05, 0) is 55.8 Å². The van der Waals surface area contributed by atoms with Crippen LogP contribution >= 0.6 is 11.8 Å². The van der Waals surface area contributed by atoms with E-state index in [1.807, 2.05) is 12.1 Å². The van der Waals surface area contributed by atoms with Crippen LogP contribution in [0, 0.1) is 5.82 Å². The van der Waals surface area contributed by atoms with Crippen LogP contribution in [0.15, 0.2) is 29.2 Å². The molecule has 0 aliphatic heterocycles. The molecule has 2 N–H and O–H groups in total. The summed E-state index contributed by atoms with van der Waals surface area (Å²) in [6.07, 6.45) is 2.92. The van der Waals surface area contributed by atoms with Crippen LogP contribution in [0.25, 0.3) is 0 Å². The van der Waals surface area contributed by atoms with Gasteiger partial charge in [-0.15, -0.1) is 11.8 Å². The second-order valence-corrected chi connectivity index (χ2v) is 5.90. The monoisotopic (exact) mass is 285 g/mol. The summed E-state index contributed by atoms with van der Waals surface area (Å²) in [6, 6.07) is 6.60. The first kappa shape index (κ1) is 16.5. The maximum Gasteiger partial charge on any atom is 0.123 e. The van der Waals surface area contributed by atoms with Crippen LogP contribution in [0.2, 0.25) is 0 Å². The Morgan fingerprint density at radius 3 is 2.47 bits per heavy atom. The predicted octanol–water partition coefficient (Wildman–Crippen LogP) is 3.45. The molecule has 0 bridgehead atoms. The largest absolute Gasteiger partial charge is 0.394 e. The van der Waals surface area contributed by atoms with E-state index < -0.39 is 0 Å². The van der Waals surface area contributed by atoms with Crippen molar-refractivity contribution in [2.75, 3.05) is 18.9 Å². The van der Waals surface area contributed by atoms with Gasteiger partial charge >= 0.3 is 0 Å². The fourth-order valence-electron chi connectivity index (χ4n) is 2.14. The van der Waals surface area contributed by atoms with E-state index >= 15 is 0 Å². The van der Waals surface area contributed by atoms with Crippen LogP contribution in [0.5, 0.6) is 0 Å². The zero-order chi connectivity index (χ0) is 14.1. The van der Waals surface area contributed by atoms with Gasteiger partial charge in [0.25, 0.3) is 0 Å². The summed E-state index contributed by atoms with van der Waals surface area (Å²) in [7, 11) is 0. The molecule has 1 rings (SSSR count). The molecule has 0 aromatic heterocycles. The lowest BCUT2D eigenvalue weighted by Crippen LogP contribution is -2.48. The fraction of sp³-hybridized carbons (Fsp3) is 0.600. The van der Waals surface area contributed by atoms with E-state index in [4.69, 9.17) is 0 Å². The minimum atomic E-state index is -0.193. The van der Waals surface area contributed by atoms with Crippen molar-refractivity contribution < 1.29 is 9.50 Å². The molecule has 1 aromatic rings. The summed E-state index contributed by atoms with van der Waals surface area (Å²) in [4.78, 5) is 1.09. The molecule has 0 saturated carbocycles. The molecule has 1 aromatic carbocycles. The number of halogens is 1. The highest BCUT2D eigenvalue weighted by Crippen LogP contribution is 2.23. The van der Waals surface area contributed by atoms with Gasteiger partial charge in [0, 0.05) is 10.4 Å². The van der Waals surface area contributed by atoms with Gasteiger partial charge in [-0.3, -0.25) is 0 Å². The molecule has 0 aliphatic rings. The molecule has 0 fully saturated rings. The molecule has 0 aliphatic carbocycles. The van der Waals surface area contributed by atoms with Gasteiger partial charge in [-0.1, -0.05) is 13.8 Å². The highest BCUT2D eigenvalue weighted by Gasteiger charge is 2.25. The van der Waals surface area contributed by atoms with Crippen LogP contribution in [0.4, 0.5) is 4.39 Å². The molecule has 1 atom stereocenters. The minimum Gasteiger partial charge on any atom is -0.394 e. The molecule has 0 radical (unpaired) electrons. The zero-order valence-electron chi connectivity index (χ0n) is 11.8. The average molecular weight is 285 g/mol. The van der Waals surface area contributed by atoms with Crippen molar-refractivity contribution in [1.29, 1.82) is 0 Å². The quantitative estimate of drug-likeness (QED) is 0.538. The maximum absolute atomic E-state index is 12.8. The van der Waals surface area contributed by atoms with Crippen LogP contribution < -0.4 is 5.32 Å². The summed E-state index contributed by atoms with van der Waals surface area (Å²) >= 11 is 1.73. The number of hydrogen-bond acceptors (Lipinski definition) is 3. The van der Waals surface area contributed by atoms with Crippen molar-refractivity contribution in [2.24, 2.45) is 0 Å². The van der Waals surface area contributed by atoms with Crippen molar-refractivity contribution in [3.8, 4) is 0 Å². The highest BCUT2D eigenvalue weighted by atomic mass is 32.2. The zero-order valence-corrected chi connectivity index (χ0v) is 12.6. The van der Waals surface area contributed by atoms with Crippen molar-refractivity contribution in [1.82, 2.24) is 5.32 Å². The lowest BCUT2D eigenvalue weighted by molar-refractivity contribution is 0.148. The third-order valence-corrected chi connectivity index (χ3v) is 4.51. The van der Waals surface area contributed by atoms with Gasteiger partial charge in [-0.2, -0.15) is 0 Å². The molecule has 4 heteroatoms. The molecule has 0 amide bonds. The smallest absolute Gasteiger partial charge is 0.123 e. The molecular formula is C15H24FNOS. The normalized spacial score (nSPS) is 14.3. The summed E-state index contributed by atoms with van der Waals surface area (Å²) in [6.45, 7) is 5.22. The van der Waals surface area contributed by atoms with Crippen molar-refractivity contribution in [3.63, 3.8) is 0 Å². The number of rotatable bonds is 9. The lowest BCUT2D eigenvalue weighted by Gasteiger charge is -2.31. The van der Waals surface area contributed by atoms with Gasteiger partial charge < -0.3 is 10.4 Å². The standard InChI is InChI=1S/C15H24FNOS/c1-3-15(12-18,17-4-2)10-5-11-19-14-8-6-13(16)7-9-14/h6-9,17-18H,3-5,10-12H2,1-2H3. The number of likely N-dealkylation sites (N-methyl/N-ethyl adjacent to an activating group) is 1. The average Bonchev–Trinajstić information content (AvgIpc) is 2.44. The van der Waals surface area contributed by atoms with Gasteiger partial charge in [0.1, 0.15) is 5.82 Å². The number of aliphatic hydroxyl groups excluding tert-OH is 1. The SMILES string of the molecule is CCNC(CC)(CO)CCCSc1ccc(F)cc1. The summed E-state index contributed by atoms with van der Waals surface area (Å²) < 4.78 is 12.8. The van der Waals surface area contributed by atoms with E-state index in [0.29, 0.717) is 0 Å². The van der Waals surface area contributed by atoms with Crippen LogP contribution in [0.3, 0.4) is 0 Å². The molecule has 108 valence electrons. The van der Waals surface area contributed by atoms with E-state index in [1.54, 1.807) is 11.8 Å². The van der Waals surface area contributed by atoms with Gasteiger partial charge in [0.2, 0.25) is 0 Å². The predicted molar refractivity (Wildman–Crippen MR) is 80.1 cm³/mol. The minimum absolute atomic E-state index is 0.141. The van der Waals surface area contributed by atoms with E-state index in [1.165, 1.54) is 12.1 Å². The fourth-order valence-corrected chi connectivity index (χ4v) is 3.00. The number of hydrogen-bond donors (Lipinski definition) is 2. The molecule has 2 nitrogen and oxygen atoms in total. The van der Waals surface area contributed by atoms with Crippen LogP contribution in [0.1, 0.15) is 33.1 Å². The Kier molecular flexibility index (Phi) is 7.42. The number of thioether (sulfide) groups is 1. The van der Waals surface area contributed by atoms with E-state index in [9.17, 15) is 9.50 Å².